The molecule has 166 valence electrons. The van der Waals surface area contributed by atoms with E-state index in [-0.39, 0.29) is 0 Å². The fourth-order valence-electron chi connectivity index (χ4n) is 4.28. The lowest BCUT2D eigenvalue weighted by Crippen LogP contribution is -2.38. The van der Waals surface area contributed by atoms with Gasteiger partial charge in [0, 0.05) is 30.5 Å². The quantitative estimate of drug-likeness (QED) is 0.532. The van der Waals surface area contributed by atoms with Gasteiger partial charge in [-0.2, -0.15) is 0 Å². The van der Waals surface area contributed by atoms with E-state index in [9.17, 15) is 0 Å². The number of fused-ring (bicyclic) bond motifs is 1. The summed E-state index contributed by atoms with van der Waals surface area (Å²) in [6.07, 6.45) is 7.22. The largest absolute Gasteiger partial charge is 0.480 e. The van der Waals surface area contributed by atoms with Crippen molar-refractivity contribution in [3.63, 3.8) is 0 Å². The molecule has 1 aliphatic rings. The molecule has 1 fully saturated rings. The molecule has 0 saturated heterocycles. The predicted octanol–water partition coefficient (Wildman–Crippen LogP) is 5.34. The Morgan fingerprint density at radius 2 is 1.94 bits per heavy atom. The highest BCUT2D eigenvalue weighted by molar-refractivity contribution is 5.81. The maximum Gasteiger partial charge on any atom is 0.222 e. The van der Waals surface area contributed by atoms with Gasteiger partial charge in [0.15, 0.2) is 5.65 Å². The molecule has 1 aliphatic carbocycles. The predicted molar refractivity (Wildman–Crippen MR) is 126 cm³/mol. The fourth-order valence-corrected chi connectivity index (χ4v) is 4.28. The van der Waals surface area contributed by atoms with Crippen molar-refractivity contribution in [2.45, 2.75) is 78.3 Å². The molecule has 0 bridgehead atoms. The molecule has 3 aromatic rings. The maximum atomic E-state index is 5.63. The summed E-state index contributed by atoms with van der Waals surface area (Å²) in [5.41, 5.74) is 6.71. The smallest absolute Gasteiger partial charge is 0.222 e. The molecule has 4 rings (SSSR count). The van der Waals surface area contributed by atoms with E-state index in [4.69, 9.17) is 19.7 Å². The van der Waals surface area contributed by atoms with Gasteiger partial charge < -0.3 is 14.6 Å². The average Bonchev–Trinajstić information content (AvgIpc) is 3.04. The fraction of sp³-hybridized carbons (Fsp3) is 0.560. The standard InChI is InChI=1S/C25H35N5O/c1-7-19(13-26-18-9-8-10-18)30-14-16(4)22-24(30)27-17(5)23(29-22)20-11-12-21(15(2)3)28-25(20)31-6/h11-12,14-15,18-19,26H,7-10,13H2,1-6H3/t19-/m1/s1. The molecule has 6 heteroatoms. The van der Waals surface area contributed by atoms with E-state index < -0.39 is 0 Å². The molecule has 3 aromatic heterocycles. The van der Waals surface area contributed by atoms with Crippen molar-refractivity contribution >= 4 is 11.2 Å². The normalized spacial score (nSPS) is 15.5. The molecule has 31 heavy (non-hydrogen) atoms. The number of rotatable bonds is 8. The van der Waals surface area contributed by atoms with Crippen LogP contribution in [0.15, 0.2) is 18.3 Å². The van der Waals surface area contributed by atoms with Gasteiger partial charge >= 0.3 is 0 Å². The molecule has 6 nitrogen and oxygen atoms in total. The van der Waals surface area contributed by atoms with Crippen molar-refractivity contribution in [2.24, 2.45) is 0 Å². The van der Waals surface area contributed by atoms with Gasteiger partial charge in [0.2, 0.25) is 5.88 Å². The van der Waals surface area contributed by atoms with Crippen LogP contribution in [-0.4, -0.2) is 39.2 Å². The number of methoxy groups -OCH3 is 1. The number of aromatic nitrogens is 4. The van der Waals surface area contributed by atoms with Crippen LogP contribution >= 0.6 is 0 Å². The molecule has 0 spiro atoms. The maximum absolute atomic E-state index is 5.63. The topological polar surface area (TPSA) is 64.9 Å². The van der Waals surface area contributed by atoms with Crippen LogP contribution in [0, 0.1) is 13.8 Å². The summed E-state index contributed by atoms with van der Waals surface area (Å²) in [7, 11) is 1.67. The van der Waals surface area contributed by atoms with Crippen molar-refractivity contribution in [3.8, 4) is 17.1 Å². The van der Waals surface area contributed by atoms with Crippen LogP contribution in [0.3, 0.4) is 0 Å². The van der Waals surface area contributed by atoms with Crippen LogP contribution in [0.1, 0.15) is 75.4 Å². The first-order valence-electron chi connectivity index (χ1n) is 11.6. The monoisotopic (exact) mass is 421 g/mol. The summed E-state index contributed by atoms with van der Waals surface area (Å²) in [5, 5.41) is 3.73. The van der Waals surface area contributed by atoms with Crippen LogP contribution in [0.4, 0.5) is 0 Å². The van der Waals surface area contributed by atoms with Gasteiger partial charge in [-0.25, -0.2) is 15.0 Å². The number of hydrogen-bond donors (Lipinski definition) is 1. The lowest BCUT2D eigenvalue weighted by molar-refractivity contribution is 0.313. The summed E-state index contributed by atoms with van der Waals surface area (Å²) >= 11 is 0. The van der Waals surface area contributed by atoms with Crippen LogP contribution in [0.25, 0.3) is 22.4 Å². The van der Waals surface area contributed by atoms with E-state index >= 15 is 0 Å². The van der Waals surface area contributed by atoms with E-state index in [1.807, 2.05) is 6.92 Å². The highest BCUT2D eigenvalue weighted by atomic mass is 16.5. The zero-order chi connectivity index (χ0) is 22.1. The molecular formula is C25H35N5O. The van der Waals surface area contributed by atoms with Gasteiger partial charge in [-0.3, -0.25) is 0 Å². The van der Waals surface area contributed by atoms with Crippen molar-refractivity contribution in [3.05, 3.63) is 35.3 Å². The van der Waals surface area contributed by atoms with Gasteiger partial charge in [-0.1, -0.05) is 27.2 Å². The third-order valence-corrected chi connectivity index (χ3v) is 6.54. The van der Waals surface area contributed by atoms with Crippen molar-refractivity contribution in [1.29, 1.82) is 0 Å². The Morgan fingerprint density at radius 1 is 1.16 bits per heavy atom. The Kier molecular flexibility index (Phi) is 6.28. The number of aryl methyl sites for hydroxylation is 2. The first kappa shape index (κ1) is 21.8. The first-order valence-corrected chi connectivity index (χ1v) is 11.6. The zero-order valence-electron chi connectivity index (χ0n) is 19.7. The Bertz CT molecular complexity index is 1070. The van der Waals surface area contributed by atoms with Gasteiger partial charge in [0.05, 0.1) is 24.1 Å². The van der Waals surface area contributed by atoms with Gasteiger partial charge in [0.1, 0.15) is 5.52 Å². The van der Waals surface area contributed by atoms with E-state index in [2.05, 4.69) is 55.9 Å². The Labute approximate surface area is 185 Å². The van der Waals surface area contributed by atoms with E-state index in [1.54, 1.807) is 7.11 Å². The molecule has 1 N–H and O–H groups in total. The summed E-state index contributed by atoms with van der Waals surface area (Å²) in [4.78, 5) is 14.8. The van der Waals surface area contributed by atoms with Crippen LogP contribution in [-0.2, 0) is 0 Å². The average molecular weight is 422 g/mol. The highest BCUT2D eigenvalue weighted by Crippen LogP contribution is 2.33. The highest BCUT2D eigenvalue weighted by Gasteiger charge is 2.22. The summed E-state index contributed by atoms with van der Waals surface area (Å²) in [6.45, 7) is 11.6. The van der Waals surface area contributed by atoms with E-state index in [0.29, 0.717) is 23.9 Å². The number of ether oxygens (including phenoxy) is 1. The molecular weight excluding hydrogens is 386 g/mol. The van der Waals surface area contributed by atoms with Gasteiger partial charge in [-0.15, -0.1) is 0 Å². The molecule has 0 unspecified atom stereocenters. The van der Waals surface area contributed by atoms with Gasteiger partial charge in [0.25, 0.3) is 0 Å². The zero-order valence-corrected chi connectivity index (χ0v) is 19.7. The van der Waals surface area contributed by atoms with Gasteiger partial charge in [-0.05, 0) is 56.7 Å². The Balaban J connectivity index is 1.73. The number of nitrogens with one attached hydrogen (secondary N) is 1. The summed E-state index contributed by atoms with van der Waals surface area (Å²) < 4.78 is 7.94. The first-order chi connectivity index (χ1) is 14.9. The lowest BCUT2D eigenvalue weighted by atomic mass is 9.93. The van der Waals surface area contributed by atoms with Crippen LogP contribution in [0.5, 0.6) is 5.88 Å². The second-order valence-electron chi connectivity index (χ2n) is 9.10. The summed E-state index contributed by atoms with van der Waals surface area (Å²) in [5.74, 6) is 0.949. The Hall–Kier alpha value is -2.47. The second-order valence-corrected chi connectivity index (χ2v) is 9.10. The van der Waals surface area contributed by atoms with Crippen molar-refractivity contribution in [1.82, 2.24) is 24.8 Å². The van der Waals surface area contributed by atoms with Crippen molar-refractivity contribution in [2.75, 3.05) is 13.7 Å². The molecule has 1 saturated carbocycles. The minimum absolute atomic E-state index is 0.341. The van der Waals surface area contributed by atoms with Crippen LogP contribution in [0.2, 0.25) is 0 Å². The second kappa shape index (κ2) is 8.95. The third-order valence-electron chi connectivity index (χ3n) is 6.54. The number of hydrogen-bond acceptors (Lipinski definition) is 5. The minimum Gasteiger partial charge on any atom is -0.480 e. The minimum atomic E-state index is 0.341. The lowest BCUT2D eigenvalue weighted by Gasteiger charge is -2.29. The molecule has 0 aromatic carbocycles. The molecule has 1 atom stereocenters. The molecule has 0 aliphatic heterocycles. The van der Waals surface area contributed by atoms with Crippen LogP contribution < -0.4 is 10.1 Å². The number of pyridine rings is 1. The molecule has 0 radical (unpaired) electrons. The Morgan fingerprint density at radius 3 is 2.55 bits per heavy atom. The molecule has 0 amide bonds. The van der Waals surface area contributed by atoms with E-state index in [0.717, 1.165) is 52.3 Å². The third kappa shape index (κ3) is 4.18. The van der Waals surface area contributed by atoms with E-state index in [1.165, 1.54) is 19.3 Å². The molecule has 3 heterocycles. The summed E-state index contributed by atoms with van der Waals surface area (Å²) in [6, 6.07) is 5.18. The number of nitrogens with zero attached hydrogens (tertiary/aromatic N) is 4. The van der Waals surface area contributed by atoms with Crippen molar-refractivity contribution < 1.29 is 4.74 Å². The SMILES string of the molecule is CC[C@H](CNC1CCC1)n1cc(C)c2nc(-c3ccc(C(C)C)nc3OC)c(C)nc21.